The molecule has 0 saturated carbocycles. The van der Waals surface area contributed by atoms with Crippen LogP contribution in [0.1, 0.15) is 6.92 Å². The molecule has 5 nitrogen and oxygen atoms in total. The van der Waals surface area contributed by atoms with Crippen molar-refractivity contribution in [2.24, 2.45) is 0 Å². The van der Waals surface area contributed by atoms with Crippen LogP contribution in [0.3, 0.4) is 0 Å². The highest BCUT2D eigenvalue weighted by atomic mass is 19.3. The van der Waals surface area contributed by atoms with Gasteiger partial charge in [0.1, 0.15) is 5.97 Å². The molecule has 0 amide bonds. The molecule has 0 aromatic carbocycles. The van der Waals surface area contributed by atoms with Gasteiger partial charge in [0.15, 0.2) is 0 Å². The number of carboxylic acids is 1. The highest BCUT2D eigenvalue weighted by Crippen LogP contribution is 2.08. The quantitative estimate of drug-likeness (QED) is 0.322. The summed E-state index contributed by atoms with van der Waals surface area (Å²) in [5.74, 6) is -2.02. The van der Waals surface area contributed by atoms with Crippen LogP contribution >= 0.6 is 0 Å². The molecule has 0 radical (unpaired) electrons. The lowest BCUT2D eigenvalue weighted by molar-refractivity contribution is -0.909. The van der Waals surface area contributed by atoms with Gasteiger partial charge in [-0.15, -0.1) is 0 Å². The third-order valence-corrected chi connectivity index (χ3v) is 1.33. The van der Waals surface area contributed by atoms with Gasteiger partial charge in [-0.05, 0) is 0 Å². The van der Waals surface area contributed by atoms with E-state index in [-0.39, 0.29) is 4.48 Å². The van der Waals surface area contributed by atoms with E-state index >= 15 is 0 Å². The number of likely N-dealkylation sites (N-methyl/N-ethyl adjacent to an activating group) is 1. The van der Waals surface area contributed by atoms with Crippen LogP contribution in [0.15, 0.2) is 12.2 Å². The predicted molar refractivity (Wildman–Crippen MR) is 50.1 cm³/mol. The fourth-order valence-electron chi connectivity index (χ4n) is 0.680. The summed E-state index contributed by atoms with van der Waals surface area (Å²) >= 11 is 0. The Labute approximate surface area is 101 Å². The molecule has 0 aliphatic heterocycles. The SMILES string of the molecule is CC(=O)OC(C(=O)[O-])[N+](C)(C)C.FC(F)=C(F)F. The van der Waals surface area contributed by atoms with Gasteiger partial charge >= 0.3 is 18.1 Å². The Morgan fingerprint density at radius 1 is 1.06 bits per heavy atom. The molecule has 0 saturated heterocycles. The fraction of sp³-hybridized carbons (Fsp3) is 0.556. The Morgan fingerprint density at radius 2 is 1.39 bits per heavy atom. The van der Waals surface area contributed by atoms with Crippen LogP contribution < -0.4 is 5.11 Å². The lowest BCUT2D eigenvalue weighted by atomic mass is 10.4. The van der Waals surface area contributed by atoms with Crippen molar-refractivity contribution in [1.29, 1.82) is 0 Å². The van der Waals surface area contributed by atoms with Gasteiger partial charge in [-0.2, -0.15) is 17.6 Å². The van der Waals surface area contributed by atoms with Gasteiger partial charge in [0.05, 0.1) is 21.1 Å². The summed E-state index contributed by atoms with van der Waals surface area (Å²) in [6.07, 6.45) is -7.06. The van der Waals surface area contributed by atoms with Gasteiger partial charge in [-0.25, -0.2) is 0 Å². The molecular weight excluding hydrogens is 262 g/mol. The first-order chi connectivity index (χ1) is 7.89. The smallest absolute Gasteiger partial charge is 0.334 e. The van der Waals surface area contributed by atoms with Crippen LogP contribution in [0.4, 0.5) is 17.6 Å². The minimum Gasteiger partial charge on any atom is -0.541 e. The van der Waals surface area contributed by atoms with Crippen LogP contribution in [-0.2, 0) is 14.3 Å². The zero-order valence-corrected chi connectivity index (χ0v) is 10.2. The average molecular weight is 275 g/mol. The second-order valence-electron chi connectivity index (χ2n) is 3.92. The topological polar surface area (TPSA) is 66.4 Å². The van der Waals surface area contributed by atoms with Crippen molar-refractivity contribution in [1.82, 2.24) is 0 Å². The fourth-order valence-corrected chi connectivity index (χ4v) is 0.680. The number of rotatable bonds is 3. The first-order valence-electron chi connectivity index (χ1n) is 4.45. The minimum atomic E-state index is -2.91. The van der Waals surface area contributed by atoms with Crippen molar-refractivity contribution in [2.75, 3.05) is 21.1 Å². The maximum Gasteiger partial charge on any atom is 0.334 e. The van der Waals surface area contributed by atoms with Crippen LogP contribution in [-0.4, -0.2) is 43.8 Å². The third-order valence-electron chi connectivity index (χ3n) is 1.33. The van der Waals surface area contributed by atoms with Crippen LogP contribution in [0.25, 0.3) is 0 Å². The summed E-state index contributed by atoms with van der Waals surface area (Å²) in [5.41, 5.74) is 0. The molecule has 0 aromatic rings. The molecule has 0 heterocycles. The van der Waals surface area contributed by atoms with Crippen molar-refractivity contribution < 1.29 is 41.5 Å². The Balaban J connectivity index is 0. The Kier molecular flexibility index (Phi) is 7.95. The lowest BCUT2D eigenvalue weighted by Gasteiger charge is -2.32. The normalized spacial score (nSPS) is 11.8. The molecule has 0 aliphatic carbocycles. The number of hydrogen-bond acceptors (Lipinski definition) is 4. The highest BCUT2D eigenvalue weighted by Gasteiger charge is 2.27. The second-order valence-corrected chi connectivity index (χ2v) is 3.92. The van der Waals surface area contributed by atoms with Crippen molar-refractivity contribution >= 4 is 11.9 Å². The monoisotopic (exact) mass is 275 g/mol. The highest BCUT2D eigenvalue weighted by molar-refractivity contribution is 5.74. The number of esters is 1. The van der Waals surface area contributed by atoms with Gasteiger partial charge in [0.25, 0.3) is 6.23 Å². The van der Waals surface area contributed by atoms with Crippen LogP contribution in [0.2, 0.25) is 0 Å². The molecule has 0 N–H and O–H groups in total. The van der Waals surface area contributed by atoms with Crippen LogP contribution in [0.5, 0.6) is 0 Å². The zero-order chi connectivity index (χ0) is 15.1. The van der Waals surface area contributed by atoms with E-state index in [1.165, 1.54) is 0 Å². The molecule has 0 aromatic heterocycles. The van der Waals surface area contributed by atoms with Crippen molar-refractivity contribution in [2.45, 2.75) is 13.2 Å². The van der Waals surface area contributed by atoms with Gasteiger partial charge < -0.3 is 14.6 Å². The summed E-state index contributed by atoms with van der Waals surface area (Å²) < 4.78 is 45.7. The summed E-state index contributed by atoms with van der Waals surface area (Å²) in [5, 5.41) is 10.5. The van der Waals surface area contributed by atoms with Gasteiger partial charge in [0, 0.05) is 6.92 Å². The van der Waals surface area contributed by atoms with Gasteiger partial charge in [0.2, 0.25) is 0 Å². The van der Waals surface area contributed by atoms with Gasteiger partial charge in [-0.3, -0.25) is 9.28 Å². The molecule has 0 bridgehead atoms. The van der Waals surface area contributed by atoms with Crippen LogP contribution in [0, 0.1) is 0 Å². The first-order valence-corrected chi connectivity index (χ1v) is 4.45. The van der Waals surface area contributed by atoms with E-state index in [2.05, 4.69) is 4.74 Å². The summed E-state index contributed by atoms with van der Waals surface area (Å²) in [6, 6.07) is 0. The molecule has 18 heavy (non-hydrogen) atoms. The number of aliphatic carboxylic acids is 1. The molecule has 1 atom stereocenters. The standard InChI is InChI=1S/C7H13NO4.C2F4/c1-5(9)12-6(7(10)11)8(2,3)4;3-1(4)2(5)6/h6H,1-4H3;. The number of carbonyl (C=O) groups excluding carboxylic acids is 2. The minimum absolute atomic E-state index is 0.0120. The number of halogens is 4. The molecule has 0 fully saturated rings. The third kappa shape index (κ3) is 9.58. The average Bonchev–Trinajstić information content (AvgIpc) is 2.12. The summed E-state index contributed by atoms with van der Waals surface area (Å²) in [6.45, 7) is 1.16. The number of hydrogen-bond donors (Lipinski definition) is 0. The van der Waals surface area contributed by atoms with E-state index in [0.717, 1.165) is 6.92 Å². The summed E-state index contributed by atoms with van der Waals surface area (Å²) in [4.78, 5) is 21.0. The van der Waals surface area contributed by atoms with Crippen molar-refractivity contribution in [3.63, 3.8) is 0 Å². The molecule has 0 rings (SSSR count). The van der Waals surface area contributed by atoms with Crippen molar-refractivity contribution in [3.8, 4) is 0 Å². The Morgan fingerprint density at radius 3 is 1.44 bits per heavy atom. The van der Waals surface area contributed by atoms with E-state index in [9.17, 15) is 32.3 Å². The zero-order valence-electron chi connectivity index (χ0n) is 10.2. The van der Waals surface area contributed by atoms with Gasteiger partial charge in [-0.1, -0.05) is 0 Å². The molecule has 0 spiro atoms. The first kappa shape index (κ1) is 18.7. The number of carbonyl (C=O) groups is 2. The lowest BCUT2D eigenvalue weighted by Crippen LogP contribution is -2.56. The predicted octanol–water partition coefficient (Wildman–Crippen LogP) is 0.323. The van der Waals surface area contributed by atoms with E-state index in [1.807, 2.05) is 0 Å². The molecular formula is C9H13F4NO4. The summed E-state index contributed by atoms with van der Waals surface area (Å²) in [7, 11) is 4.80. The molecule has 106 valence electrons. The number of nitrogens with zero attached hydrogens (tertiary/aromatic N) is 1. The molecule has 9 heteroatoms. The van der Waals surface area contributed by atoms with Crippen molar-refractivity contribution in [3.05, 3.63) is 12.2 Å². The maximum absolute atomic E-state index is 10.5. The number of carboxylic acid groups (broad SMARTS) is 1. The Hall–Kier alpha value is -1.64. The number of ether oxygens (including phenoxy) is 1. The van der Waals surface area contributed by atoms with E-state index in [4.69, 9.17) is 0 Å². The van der Waals surface area contributed by atoms with E-state index < -0.39 is 30.3 Å². The largest absolute Gasteiger partial charge is 0.541 e. The Bertz CT molecular complexity index is 320. The molecule has 0 aliphatic rings. The maximum atomic E-state index is 10.5. The van der Waals surface area contributed by atoms with E-state index in [1.54, 1.807) is 21.1 Å². The second kappa shape index (κ2) is 7.64. The molecule has 1 unspecified atom stereocenters. The van der Waals surface area contributed by atoms with E-state index in [0.29, 0.717) is 0 Å². The number of quaternary nitrogens is 1.